The number of ether oxygens (including phenoxy) is 1. The molecule has 0 bridgehead atoms. The Morgan fingerprint density at radius 2 is 2.73 bits per heavy atom. The van der Waals surface area contributed by atoms with E-state index >= 15 is 0 Å². The number of carbonyl (C=O) groups is 1. The standard InChI is InChI=1S/C8H10O2S/c1-2-10-8(9)5-7-3-4-11-6-7/h3-4,6H,2,5H2,1H3/i3D. The molecule has 0 aromatic carbocycles. The minimum absolute atomic E-state index is 0.218. The highest BCUT2D eigenvalue weighted by Crippen LogP contribution is 2.06. The molecule has 0 radical (unpaired) electrons. The highest BCUT2D eigenvalue weighted by atomic mass is 32.1. The molecule has 1 aromatic rings. The first-order valence-corrected chi connectivity index (χ1v) is 4.35. The van der Waals surface area contributed by atoms with E-state index in [1.165, 1.54) is 11.3 Å². The van der Waals surface area contributed by atoms with Crippen molar-refractivity contribution < 1.29 is 10.9 Å². The number of hydrogen-bond donors (Lipinski definition) is 0. The van der Waals surface area contributed by atoms with E-state index in [1.807, 2.05) is 0 Å². The second-order valence-corrected chi connectivity index (χ2v) is 2.77. The van der Waals surface area contributed by atoms with E-state index in [1.54, 1.807) is 17.7 Å². The smallest absolute Gasteiger partial charge is 0.310 e. The second-order valence-electron chi connectivity index (χ2n) is 2.02. The Bertz CT molecular complexity index is 270. The number of hydrogen-bond acceptors (Lipinski definition) is 3. The zero-order valence-electron chi connectivity index (χ0n) is 7.29. The molecule has 3 heteroatoms. The fourth-order valence-electron chi connectivity index (χ4n) is 0.720. The summed E-state index contributed by atoms with van der Waals surface area (Å²) in [6.07, 6.45) is 0.218. The maximum absolute atomic E-state index is 11.0. The molecule has 0 saturated heterocycles. The molecule has 1 aromatic heterocycles. The van der Waals surface area contributed by atoms with E-state index in [0.29, 0.717) is 12.6 Å². The van der Waals surface area contributed by atoms with Crippen LogP contribution >= 0.6 is 11.3 Å². The van der Waals surface area contributed by atoms with Gasteiger partial charge in [-0.2, -0.15) is 11.3 Å². The van der Waals surface area contributed by atoms with E-state index in [-0.39, 0.29) is 12.4 Å². The first-order valence-electron chi connectivity index (χ1n) is 3.91. The lowest BCUT2D eigenvalue weighted by Crippen LogP contribution is -2.06. The quantitative estimate of drug-likeness (QED) is 0.649. The minimum Gasteiger partial charge on any atom is -0.466 e. The van der Waals surface area contributed by atoms with Crippen LogP contribution in [-0.4, -0.2) is 12.6 Å². The van der Waals surface area contributed by atoms with Crippen molar-refractivity contribution in [3.8, 4) is 0 Å². The van der Waals surface area contributed by atoms with Crippen molar-refractivity contribution in [3.05, 3.63) is 22.4 Å². The lowest BCUT2D eigenvalue weighted by atomic mass is 10.2. The first-order chi connectivity index (χ1) is 5.74. The SMILES string of the molecule is [2H]c1cscc1CC(=O)OCC. The van der Waals surface area contributed by atoms with Gasteiger partial charge in [0.15, 0.2) is 0 Å². The van der Waals surface area contributed by atoms with Crippen LogP contribution < -0.4 is 0 Å². The fourth-order valence-corrected chi connectivity index (χ4v) is 1.32. The predicted octanol–water partition coefficient (Wildman–Crippen LogP) is 1.85. The molecular formula is C8H10O2S. The monoisotopic (exact) mass is 171 g/mol. The van der Waals surface area contributed by atoms with Gasteiger partial charge < -0.3 is 4.74 Å². The van der Waals surface area contributed by atoms with Gasteiger partial charge in [0.05, 0.1) is 14.4 Å². The maximum Gasteiger partial charge on any atom is 0.310 e. The van der Waals surface area contributed by atoms with Gasteiger partial charge in [-0.05, 0) is 29.3 Å². The summed E-state index contributed by atoms with van der Waals surface area (Å²) in [6, 6.07) is 0.424. The van der Waals surface area contributed by atoms with Gasteiger partial charge in [0.2, 0.25) is 0 Å². The van der Waals surface area contributed by atoms with Crippen LogP contribution in [0.1, 0.15) is 13.9 Å². The lowest BCUT2D eigenvalue weighted by molar-refractivity contribution is -0.142. The average molecular weight is 171 g/mol. The summed E-state index contributed by atoms with van der Waals surface area (Å²) in [6.45, 7) is 2.17. The molecule has 0 amide bonds. The third-order valence-electron chi connectivity index (χ3n) is 1.16. The molecule has 0 aliphatic carbocycles. The number of carbonyl (C=O) groups excluding carboxylic acids is 1. The van der Waals surface area contributed by atoms with Crippen molar-refractivity contribution in [2.45, 2.75) is 13.3 Å². The van der Waals surface area contributed by atoms with Crippen LogP contribution in [0.5, 0.6) is 0 Å². The first kappa shape index (κ1) is 6.85. The Kier molecular flexibility index (Phi) is 2.58. The van der Waals surface area contributed by atoms with Crippen LogP contribution in [0.4, 0.5) is 0 Å². The van der Waals surface area contributed by atoms with Gasteiger partial charge in [0.25, 0.3) is 0 Å². The molecule has 0 saturated carbocycles. The molecule has 60 valence electrons. The molecule has 0 atom stereocenters. The third kappa shape index (κ3) is 2.72. The summed E-state index contributed by atoms with van der Waals surface area (Å²) in [5.41, 5.74) is 0.749. The van der Waals surface area contributed by atoms with Crippen LogP contribution in [0.2, 0.25) is 0 Å². The van der Waals surface area contributed by atoms with Gasteiger partial charge in [0.1, 0.15) is 0 Å². The number of thiophene rings is 1. The number of rotatable bonds is 3. The van der Waals surface area contributed by atoms with Crippen molar-refractivity contribution in [1.82, 2.24) is 0 Å². The topological polar surface area (TPSA) is 26.3 Å². The maximum atomic E-state index is 11.0. The van der Waals surface area contributed by atoms with Crippen molar-refractivity contribution in [3.63, 3.8) is 0 Å². The van der Waals surface area contributed by atoms with Crippen LogP contribution in [0, 0.1) is 0 Å². The van der Waals surface area contributed by atoms with E-state index in [2.05, 4.69) is 0 Å². The average Bonchev–Trinajstić information content (AvgIpc) is 2.37. The van der Waals surface area contributed by atoms with Gasteiger partial charge >= 0.3 is 5.97 Å². The van der Waals surface area contributed by atoms with Crippen molar-refractivity contribution in [1.29, 1.82) is 0 Å². The van der Waals surface area contributed by atoms with E-state index in [9.17, 15) is 4.79 Å². The summed E-state index contributed by atoms with van der Waals surface area (Å²) in [5, 5.41) is 3.51. The molecule has 0 spiro atoms. The summed E-state index contributed by atoms with van der Waals surface area (Å²) in [5.74, 6) is -0.260. The van der Waals surface area contributed by atoms with Crippen LogP contribution in [0.25, 0.3) is 0 Å². The molecule has 1 heterocycles. The van der Waals surface area contributed by atoms with Gasteiger partial charge in [0, 0.05) is 0 Å². The second kappa shape index (κ2) is 4.13. The normalized spacial score (nSPS) is 10.8. The van der Waals surface area contributed by atoms with Crippen LogP contribution in [-0.2, 0) is 16.0 Å². The van der Waals surface area contributed by atoms with Gasteiger partial charge in [-0.15, -0.1) is 0 Å². The van der Waals surface area contributed by atoms with Crippen LogP contribution in [0.15, 0.2) is 16.8 Å². The highest BCUT2D eigenvalue weighted by molar-refractivity contribution is 7.07. The Morgan fingerprint density at radius 1 is 1.91 bits per heavy atom. The fraction of sp³-hybridized carbons (Fsp3) is 0.375. The molecule has 2 nitrogen and oxygen atoms in total. The zero-order chi connectivity index (χ0) is 8.97. The summed E-state index contributed by atoms with van der Waals surface area (Å²) < 4.78 is 12.1. The predicted molar refractivity (Wildman–Crippen MR) is 44.7 cm³/mol. The Morgan fingerprint density at radius 3 is 3.27 bits per heavy atom. The Hall–Kier alpha value is -0.830. The molecular weight excluding hydrogens is 160 g/mol. The van der Waals surface area contributed by atoms with E-state index in [0.717, 1.165) is 5.56 Å². The molecule has 0 N–H and O–H groups in total. The van der Waals surface area contributed by atoms with Gasteiger partial charge in [-0.25, -0.2) is 0 Å². The van der Waals surface area contributed by atoms with Crippen molar-refractivity contribution in [2.24, 2.45) is 0 Å². The summed E-state index contributed by atoms with van der Waals surface area (Å²) >= 11 is 1.43. The lowest BCUT2D eigenvalue weighted by Gasteiger charge is -1.97. The minimum atomic E-state index is -0.260. The van der Waals surface area contributed by atoms with Crippen LogP contribution in [0.3, 0.4) is 0 Å². The van der Waals surface area contributed by atoms with Gasteiger partial charge in [-0.3, -0.25) is 4.79 Å². The molecule has 1 rings (SSSR count). The Labute approximate surface area is 71.2 Å². The third-order valence-corrected chi connectivity index (χ3v) is 1.84. The zero-order valence-corrected chi connectivity index (χ0v) is 7.11. The van der Waals surface area contributed by atoms with Crippen molar-refractivity contribution >= 4 is 17.3 Å². The summed E-state index contributed by atoms with van der Waals surface area (Å²) in [7, 11) is 0. The Balaban J connectivity index is 2.52. The largest absolute Gasteiger partial charge is 0.466 e. The molecule has 0 aliphatic rings. The number of esters is 1. The van der Waals surface area contributed by atoms with E-state index in [4.69, 9.17) is 6.11 Å². The summed E-state index contributed by atoms with van der Waals surface area (Å²) in [4.78, 5) is 11.0. The molecule has 11 heavy (non-hydrogen) atoms. The van der Waals surface area contributed by atoms with Gasteiger partial charge in [-0.1, -0.05) is 0 Å². The highest BCUT2D eigenvalue weighted by Gasteiger charge is 2.02. The molecule has 0 unspecified atom stereocenters. The molecule has 0 aliphatic heterocycles. The van der Waals surface area contributed by atoms with Crippen molar-refractivity contribution in [2.75, 3.05) is 6.61 Å². The molecule has 0 fully saturated rings. The van der Waals surface area contributed by atoms with E-state index < -0.39 is 0 Å².